The molecule has 1 rings (SSSR count). The fourth-order valence-electron chi connectivity index (χ4n) is 1.65. The van der Waals surface area contributed by atoms with Gasteiger partial charge in [0.25, 0.3) is 0 Å². The lowest BCUT2D eigenvalue weighted by molar-refractivity contribution is 0.165. The highest BCUT2D eigenvalue weighted by atomic mass is 16.2. The summed E-state index contributed by atoms with van der Waals surface area (Å²) >= 11 is 0. The summed E-state index contributed by atoms with van der Waals surface area (Å²) in [5.74, 6) is 0.886. The Morgan fingerprint density at radius 2 is 2.14 bits per heavy atom. The Balaban J connectivity index is 2.90. The Morgan fingerprint density at radius 1 is 1.57 bits per heavy atom. The molecule has 0 spiro atoms. The Morgan fingerprint density at radius 3 is 2.57 bits per heavy atom. The van der Waals surface area contributed by atoms with E-state index in [1.807, 2.05) is 13.8 Å². The summed E-state index contributed by atoms with van der Waals surface area (Å²) in [5.41, 5.74) is 5.39. The number of carbonyl (C=O) groups is 1. The first-order valence-corrected chi connectivity index (χ1v) is 5.08. The standard InChI is InChI=1S/C10H19N3O/c1-5-10(4)8(11)12-9(14)13(10)6-7(2)3/h7H,5-6H2,1-4H3,(H2,11,12,14). The SMILES string of the molecule is CCC1(C)C(N)=NC(=O)N1CC(C)C. The van der Waals surface area contributed by atoms with Crippen molar-refractivity contribution in [1.82, 2.24) is 4.90 Å². The van der Waals surface area contributed by atoms with E-state index < -0.39 is 0 Å². The van der Waals surface area contributed by atoms with E-state index in [-0.39, 0.29) is 11.6 Å². The zero-order valence-corrected chi connectivity index (χ0v) is 9.37. The second-order valence-corrected chi connectivity index (χ2v) is 4.41. The Kier molecular flexibility index (Phi) is 2.83. The first-order valence-electron chi connectivity index (χ1n) is 5.08. The molecule has 1 atom stereocenters. The number of urea groups is 1. The largest absolute Gasteiger partial charge is 0.385 e. The molecule has 1 unspecified atom stereocenters. The molecule has 0 aromatic heterocycles. The normalized spacial score (nSPS) is 27.4. The predicted molar refractivity (Wildman–Crippen MR) is 57.3 cm³/mol. The van der Waals surface area contributed by atoms with Crippen molar-refractivity contribution in [2.75, 3.05) is 6.54 Å². The van der Waals surface area contributed by atoms with Crippen molar-refractivity contribution in [3.05, 3.63) is 0 Å². The second kappa shape index (κ2) is 3.59. The van der Waals surface area contributed by atoms with Crippen molar-refractivity contribution in [3.63, 3.8) is 0 Å². The third kappa shape index (κ3) is 1.61. The van der Waals surface area contributed by atoms with Crippen LogP contribution in [0.4, 0.5) is 4.79 Å². The first-order chi connectivity index (χ1) is 6.41. The maximum absolute atomic E-state index is 11.6. The third-order valence-corrected chi connectivity index (χ3v) is 2.83. The van der Waals surface area contributed by atoms with Gasteiger partial charge in [0.05, 0.1) is 5.54 Å². The molecule has 2 amide bonds. The second-order valence-electron chi connectivity index (χ2n) is 4.41. The highest BCUT2D eigenvalue weighted by molar-refractivity contribution is 6.05. The van der Waals surface area contributed by atoms with E-state index in [0.717, 1.165) is 6.42 Å². The highest BCUT2D eigenvalue weighted by Crippen LogP contribution is 2.27. The van der Waals surface area contributed by atoms with Crippen LogP contribution in [-0.2, 0) is 0 Å². The van der Waals surface area contributed by atoms with Gasteiger partial charge in [-0.2, -0.15) is 4.99 Å². The molecule has 1 aliphatic rings. The molecule has 14 heavy (non-hydrogen) atoms. The van der Waals surface area contributed by atoms with Crippen molar-refractivity contribution in [3.8, 4) is 0 Å². The summed E-state index contributed by atoms with van der Waals surface area (Å²) in [6, 6.07) is -0.194. The number of amides is 2. The fraction of sp³-hybridized carbons (Fsp3) is 0.800. The van der Waals surface area contributed by atoms with Gasteiger partial charge >= 0.3 is 6.03 Å². The van der Waals surface area contributed by atoms with Gasteiger partial charge in [0.15, 0.2) is 0 Å². The van der Waals surface area contributed by atoms with E-state index in [0.29, 0.717) is 18.3 Å². The highest BCUT2D eigenvalue weighted by Gasteiger charge is 2.42. The number of hydrogen-bond acceptors (Lipinski definition) is 2. The number of amidine groups is 1. The molecule has 0 fully saturated rings. The molecule has 1 aliphatic heterocycles. The van der Waals surface area contributed by atoms with Gasteiger partial charge in [0.2, 0.25) is 0 Å². The summed E-state index contributed by atoms with van der Waals surface area (Å²) < 4.78 is 0. The van der Waals surface area contributed by atoms with Crippen LogP contribution in [0.3, 0.4) is 0 Å². The lowest BCUT2D eigenvalue weighted by atomic mass is 9.95. The van der Waals surface area contributed by atoms with E-state index in [4.69, 9.17) is 5.73 Å². The molecule has 4 heteroatoms. The maximum Gasteiger partial charge on any atom is 0.346 e. The number of rotatable bonds is 3. The van der Waals surface area contributed by atoms with Crippen molar-refractivity contribution >= 4 is 11.9 Å². The van der Waals surface area contributed by atoms with Crippen LogP contribution in [0, 0.1) is 5.92 Å². The smallest absolute Gasteiger partial charge is 0.346 e. The minimum atomic E-state index is -0.374. The van der Waals surface area contributed by atoms with E-state index >= 15 is 0 Å². The minimum Gasteiger partial charge on any atom is -0.385 e. The van der Waals surface area contributed by atoms with Crippen LogP contribution >= 0.6 is 0 Å². The Labute approximate surface area is 85.2 Å². The maximum atomic E-state index is 11.6. The number of nitrogens with two attached hydrogens (primary N) is 1. The molecular formula is C10H19N3O. The summed E-state index contributed by atoms with van der Waals surface area (Å²) in [5, 5.41) is 0. The molecule has 0 bridgehead atoms. The van der Waals surface area contributed by atoms with Crippen LogP contribution in [-0.4, -0.2) is 28.9 Å². The van der Waals surface area contributed by atoms with Crippen LogP contribution in [0.15, 0.2) is 4.99 Å². The van der Waals surface area contributed by atoms with Crippen molar-refractivity contribution in [2.45, 2.75) is 39.7 Å². The van der Waals surface area contributed by atoms with E-state index in [1.54, 1.807) is 4.90 Å². The average Bonchev–Trinajstić information content (AvgIpc) is 2.30. The monoisotopic (exact) mass is 197 g/mol. The van der Waals surface area contributed by atoms with Gasteiger partial charge in [-0.25, -0.2) is 4.79 Å². The Bertz CT molecular complexity index is 273. The van der Waals surface area contributed by atoms with Crippen LogP contribution < -0.4 is 5.73 Å². The lowest BCUT2D eigenvalue weighted by Crippen LogP contribution is -2.52. The first kappa shape index (κ1) is 11.0. The van der Waals surface area contributed by atoms with Gasteiger partial charge < -0.3 is 10.6 Å². The molecule has 0 aromatic carbocycles. The molecule has 0 aliphatic carbocycles. The van der Waals surface area contributed by atoms with Gasteiger partial charge in [0.1, 0.15) is 5.84 Å². The van der Waals surface area contributed by atoms with Gasteiger partial charge in [0, 0.05) is 6.54 Å². The zero-order chi connectivity index (χ0) is 10.9. The molecule has 0 saturated heterocycles. The van der Waals surface area contributed by atoms with Gasteiger partial charge in [-0.15, -0.1) is 0 Å². The lowest BCUT2D eigenvalue weighted by Gasteiger charge is -2.34. The Hall–Kier alpha value is -1.06. The summed E-state index contributed by atoms with van der Waals surface area (Å²) in [6.45, 7) is 8.87. The molecule has 2 N–H and O–H groups in total. The van der Waals surface area contributed by atoms with Gasteiger partial charge in [-0.1, -0.05) is 20.8 Å². The fourth-order valence-corrected chi connectivity index (χ4v) is 1.65. The number of hydrogen-bond donors (Lipinski definition) is 1. The third-order valence-electron chi connectivity index (χ3n) is 2.83. The topological polar surface area (TPSA) is 58.7 Å². The summed E-state index contributed by atoms with van der Waals surface area (Å²) in [7, 11) is 0. The van der Waals surface area contributed by atoms with Crippen LogP contribution in [0.2, 0.25) is 0 Å². The number of carbonyl (C=O) groups excluding carboxylic acids is 1. The summed E-state index contributed by atoms with van der Waals surface area (Å²) in [4.78, 5) is 17.2. The quantitative estimate of drug-likeness (QED) is 0.747. The average molecular weight is 197 g/mol. The van der Waals surface area contributed by atoms with Crippen LogP contribution in [0.5, 0.6) is 0 Å². The van der Waals surface area contributed by atoms with Gasteiger partial charge in [-0.05, 0) is 19.3 Å². The van der Waals surface area contributed by atoms with Crippen molar-refractivity contribution in [2.24, 2.45) is 16.6 Å². The van der Waals surface area contributed by atoms with E-state index in [2.05, 4.69) is 18.8 Å². The molecule has 4 nitrogen and oxygen atoms in total. The van der Waals surface area contributed by atoms with Crippen LogP contribution in [0.25, 0.3) is 0 Å². The van der Waals surface area contributed by atoms with Gasteiger partial charge in [-0.3, -0.25) is 0 Å². The number of aliphatic imine (C=N–C) groups is 1. The molecule has 0 aromatic rings. The molecule has 80 valence electrons. The molecule has 0 radical (unpaired) electrons. The van der Waals surface area contributed by atoms with E-state index in [1.165, 1.54) is 0 Å². The van der Waals surface area contributed by atoms with Crippen molar-refractivity contribution < 1.29 is 4.79 Å². The molecule has 1 heterocycles. The zero-order valence-electron chi connectivity index (χ0n) is 9.37. The van der Waals surface area contributed by atoms with Crippen LogP contribution in [0.1, 0.15) is 34.1 Å². The van der Waals surface area contributed by atoms with E-state index in [9.17, 15) is 4.79 Å². The molecule has 0 saturated carbocycles. The van der Waals surface area contributed by atoms with Crippen molar-refractivity contribution in [1.29, 1.82) is 0 Å². The minimum absolute atomic E-state index is 0.194. The summed E-state index contributed by atoms with van der Waals surface area (Å²) in [6.07, 6.45) is 0.806. The predicted octanol–water partition coefficient (Wildman–Crippen LogP) is 1.60. The molecular weight excluding hydrogens is 178 g/mol. The number of nitrogens with zero attached hydrogens (tertiary/aromatic N) is 2.